The number of rotatable bonds is 1. The van der Waals surface area contributed by atoms with Gasteiger partial charge < -0.3 is 14.3 Å². The van der Waals surface area contributed by atoms with Gasteiger partial charge in [0.25, 0.3) is 0 Å². The molecule has 1 unspecified atom stereocenters. The lowest BCUT2D eigenvalue weighted by Gasteiger charge is -2.36. The molecule has 2 aromatic rings. The molecule has 1 aromatic carbocycles. The van der Waals surface area contributed by atoms with E-state index in [-0.39, 0.29) is 5.60 Å². The zero-order valence-electron chi connectivity index (χ0n) is 11.1. The number of imidazole rings is 1. The maximum atomic E-state index is 6.11. The Balaban J connectivity index is 2.11. The van der Waals surface area contributed by atoms with Crippen LogP contribution in [-0.4, -0.2) is 21.8 Å². The molecule has 0 radical (unpaired) electrons. The van der Waals surface area contributed by atoms with E-state index in [1.807, 2.05) is 18.2 Å². The number of nitrogens with one attached hydrogen (secondary N) is 1. The molecule has 2 heterocycles. The summed E-state index contributed by atoms with van der Waals surface area (Å²) >= 11 is 11.6. The van der Waals surface area contributed by atoms with Gasteiger partial charge in [-0.3, -0.25) is 0 Å². The average Bonchev–Trinajstić information content (AvgIpc) is 2.63. The summed E-state index contributed by atoms with van der Waals surface area (Å²) in [7, 11) is 0. The van der Waals surface area contributed by atoms with Crippen LogP contribution in [-0.2, 0) is 4.74 Å². The molecule has 102 valence electrons. The van der Waals surface area contributed by atoms with E-state index in [9.17, 15) is 0 Å². The molecular weight excluding hydrogens is 280 g/mol. The molecule has 1 saturated heterocycles. The minimum absolute atomic E-state index is 0.0974. The third-order valence-corrected chi connectivity index (χ3v) is 4.25. The first-order chi connectivity index (χ1) is 8.96. The Bertz CT molecular complexity index is 674. The standard InChI is InChI=1S/C14H17ClN2OS/c1-14(2)8-10(5-6-18-14)17-12-7-9(15)3-4-11(12)16-13(17)19/h3-4,7,10H,5-6,8H2,1-2H3,(H,16,19). The summed E-state index contributed by atoms with van der Waals surface area (Å²) in [6.07, 6.45) is 1.94. The van der Waals surface area contributed by atoms with Gasteiger partial charge in [0.1, 0.15) is 0 Å². The quantitative estimate of drug-likeness (QED) is 0.786. The SMILES string of the molecule is CC1(C)CC(n2c(=S)[nH]c3ccc(Cl)cc32)CCO1. The van der Waals surface area contributed by atoms with Gasteiger partial charge >= 0.3 is 0 Å². The van der Waals surface area contributed by atoms with Gasteiger partial charge in [0.2, 0.25) is 0 Å². The van der Waals surface area contributed by atoms with Crippen LogP contribution >= 0.6 is 23.8 Å². The topological polar surface area (TPSA) is 29.9 Å². The minimum Gasteiger partial charge on any atom is -0.375 e. The van der Waals surface area contributed by atoms with E-state index in [1.165, 1.54) is 0 Å². The fourth-order valence-corrected chi connectivity index (χ4v) is 3.40. The van der Waals surface area contributed by atoms with E-state index in [2.05, 4.69) is 23.4 Å². The fraction of sp³-hybridized carbons (Fsp3) is 0.500. The molecule has 0 bridgehead atoms. The zero-order chi connectivity index (χ0) is 13.6. The predicted octanol–water partition coefficient (Wildman–Crippen LogP) is 4.48. The normalized spacial score (nSPS) is 22.8. The van der Waals surface area contributed by atoms with E-state index in [4.69, 9.17) is 28.6 Å². The van der Waals surface area contributed by atoms with E-state index < -0.39 is 0 Å². The van der Waals surface area contributed by atoms with Crippen molar-refractivity contribution in [2.24, 2.45) is 0 Å². The van der Waals surface area contributed by atoms with Crippen LogP contribution in [0.3, 0.4) is 0 Å². The Labute approximate surface area is 122 Å². The molecule has 1 fully saturated rings. The van der Waals surface area contributed by atoms with Gasteiger partial charge in [-0.2, -0.15) is 0 Å². The molecule has 1 aliphatic heterocycles. The van der Waals surface area contributed by atoms with Crippen molar-refractivity contribution in [2.45, 2.75) is 38.3 Å². The van der Waals surface area contributed by atoms with E-state index in [1.54, 1.807) is 0 Å². The first-order valence-corrected chi connectivity index (χ1v) is 7.29. The molecular formula is C14H17ClN2OS. The van der Waals surface area contributed by atoms with Crippen molar-refractivity contribution in [3.8, 4) is 0 Å². The Morgan fingerprint density at radius 2 is 2.26 bits per heavy atom. The molecule has 0 spiro atoms. The summed E-state index contributed by atoms with van der Waals surface area (Å²) in [5, 5.41) is 0.738. The van der Waals surface area contributed by atoms with Crippen LogP contribution < -0.4 is 0 Å². The molecule has 1 atom stereocenters. The Hall–Kier alpha value is -0.840. The fourth-order valence-electron chi connectivity index (χ4n) is 2.88. The predicted molar refractivity (Wildman–Crippen MR) is 80.4 cm³/mol. The second kappa shape index (κ2) is 4.62. The van der Waals surface area contributed by atoms with Gasteiger partial charge in [0, 0.05) is 17.7 Å². The van der Waals surface area contributed by atoms with Crippen molar-refractivity contribution in [3.63, 3.8) is 0 Å². The molecule has 19 heavy (non-hydrogen) atoms. The molecule has 0 saturated carbocycles. The molecule has 1 N–H and O–H groups in total. The average molecular weight is 297 g/mol. The van der Waals surface area contributed by atoms with Crippen LogP contribution in [0.1, 0.15) is 32.7 Å². The molecule has 3 rings (SSSR count). The van der Waals surface area contributed by atoms with Crippen molar-refractivity contribution in [3.05, 3.63) is 28.0 Å². The lowest BCUT2D eigenvalue weighted by atomic mass is 9.93. The third kappa shape index (κ3) is 2.45. The number of nitrogens with zero attached hydrogens (tertiary/aromatic N) is 1. The van der Waals surface area contributed by atoms with Crippen molar-refractivity contribution in [2.75, 3.05) is 6.61 Å². The van der Waals surface area contributed by atoms with Gasteiger partial charge in [-0.1, -0.05) is 11.6 Å². The third-order valence-electron chi connectivity index (χ3n) is 3.72. The highest BCUT2D eigenvalue weighted by Crippen LogP contribution is 2.34. The van der Waals surface area contributed by atoms with Crippen LogP contribution in [0.25, 0.3) is 11.0 Å². The van der Waals surface area contributed by atoms with Crippen LogP contribution in [0.2, 0.25) is 5.02 Å². The van der Waals surface area contributed by atoms with E-state index in [0.717, 1.165) is 40.3 Å². The molecule has 1 aromatic heterocycles. The first kappa shape index (κ1) is 13.2. The van der Waals surface area contributed by atoms with Crippen molar-refractivity contribution < 1.29 is 4.74 Å². The Kier molecular flexibility index (Phi) is 3.20. The zero-order valence-corrected chi connectivity index (χ0v) is 12.6. The minimum atomic E-state index is -0.0974. The summed E-state index contributed by atoms with van der Waals surface area (Å²) in [6.45, 7) is 5.03. The van der Waals surface area contributed by atoms with Gasteiger partial charge in [-0.25, -0.2) is 0 Å². The number of benzene rings is 1. The van der Waals surface area contributed by atoms with Gasteiger partial charge in [0.15, 0.2) is 4.77 Å². The number of ether oxygens (including phenoxy) is 1. The maximum absolute atomic E-state index is 6.11. The number of hydrogen-bond donors (Lipinski definition) is 1. The second-order valence-electron chi connectivity index (χ2n) is 5.72. The smallest absolute Gasteiger partial charge is 0.178 e. The summed E-state index contributed by atoms with van der Waals surface area (Å²) in [6, 6.07) is 6.21. The highest BCUT2D eigenvalue weighted by molar-refractivity contribution is 7.71. The lowest BCUT2D eigenvalue weighted by Crippen LogP contribution is -2.35. The molecule has 0 amide bonds. The lowest BCUT2D eigenvalue weighted by molar-refractivity contribution is -0.0687. The number of halogens is 1. The van der Waals surface area contributed by atoms with Crippen LogP contribution in [0.4, 0.5) is 0 Å². The van der Waals surface area contributed by atoms with Gasteiger partial charge in [0.05, 0.1) is 16.6 Å². The summed E-state index contributed by atoms with van der Waals surface area (Å²) in [5.41, 5.74) is 2.03. The number of H-pyrrole nitrogens is 1. The number of aromatic amines is 1. The number of aromatic nitrogens is 2. The van der Waals surface area contributed by atoms with Crippen molar-refractivity contribution in [1.29, 1.82) is 0 Å². The molecule has 3 nitrogen and oxygen atoms in total. The van der Waals surface area contributed by atoms with Crippen LogP contribution in [0.15, 0.2) is 18.2 Å². The highest BCUT2D eigenvalue weighted by Gasteiger charge is 2.30. The van der Waals surface area contributed by atoms with Crippen molar-refractivity contribution in [1.82, 2.24) is 9.55 Å². The van der Waals surface area contributed by atoms with Gasteiger partial charge in [-0.05, 0) is 57.1 Å². The summed E-state index contributed by atoms with van der Waals surface area (Å²) < 4.78 is 8.74. The molecule has 5 heteroatoms. The number of fused-ring (bicyclic) bond motifs is 1. The van der Waals surface area contributed by atoms with Crippen molar-refractivity contribution >= 4 is 34.9 Å². The van der Waals surface area contributed by atoms with Gasteiger partial charge in [-0.15, -0.1) is 0 Å². The van der Waals surface area contributed by atoms with Crippen LogP contribution in [0, 0.1) is 4.77 Å². The van der Waals surface area contributed by atoms with E-state index in [0.29, 0.717) is 6.04 Å². The summed E-state index contributed by atoms with van der Waals surface area (Å²) in [5.74, 6) is 0. The summed E-state index contributed by atoms with van der Waals surface area (Å²) in [4.78, 5) is 3.26. The maximum Gasteiger partial charge on any atom is 0.178 e. The molecule has 0 aliphatic carbocycles. The monoisotopic (exact) mass is 296 g/mol. The number of hydrogen-bond acceptors (Lipinski definition) is 2. The first-order valence-electron chi connectivity index (χ1n) is 6.50. The highest BCUT2D eigenvalue weighted by atomic mass is 35.5. The largest absolute Gasteiger partial charge is 0.375 e. The van der Waals surface area contributed by atoms with Crippen LogP contribution in [0.5, 0.6) is 0 Å². The second-order valence-corrected chi connectivity index (χ2v) is 6.54. The molecule has 1 aliphatic rings. The van der Waals surface area contributed by atoms with E-state index >= 15 is 0 Å². The Morgan fingerprint density at radius 3 is 3.00 bits per heavy atom. The Morgan fingerprint density at radius 1 is 1.47 bits per heavy atom.